The normalized spacial score (nSPS) is 21.6. The molecule has 1 N–H and O–H groups in total. The fourth-order valence-electron chi connectivity index (χ4n) is 4.58. The van der Waals surface area contributed by atoms with E-state index in [1.807, 2.05) is 13.8 Å². The molecule has 0 bridgehead atoms. The monoisotopic (exact) mass is 396 g/mol. The van der Waals surface area contributed by atoms with Crippen LogP contribution in [0.3, 0.4) is 0 Å². The summed E-state index contributed by atoms with van der Waals surface area (Å²) in [4.78, 5) is 24.2. The Morgan fingerprint density at radius 2 is 1.79 bits per heavy atom. The molecular weight excluding hydrogens is 352 g/mol. The first-order valence-electron chi connectivity index (χ1n) is 11.9. The second-order valence-electron chi connectivity index (χ2n) is 8.59. The number of ketones is 1. The smallest absolute Gasteiger partial charge is 0.308 e. The molecular formula is C24H44O4. The lowest BCUT2D eigenvalue weighted by Gasteiger charge is -2.20. The molecule has 2 unspecified atom stereocenters. The zero-order chi connectivity index (χ0) is 20.8. The number of Topliss-reactive ketones (excluding diaryl/α,β-unsaturated/α-hetero) is 1. The standard InChI is InChI=1S/C24H44O4/c1-4-7-9-13-21(25)17-15-20-16-18-23(26)22(20)14-11-8-10-12-19(5-2)24(27)28-6-3/h19-22,25H,4-18H2,1-3H3/t19?,20-,21?,22+/m0/s1. The van der Waals surface area contributed by atoms with Crippen LogP contribution in [0.1, 0.15) is 111 Å². The molecule has 1 aliphatic carbocycles. The van der Waals surface area contributed by atoms with Gasteiger partial charge < -0.3 is 9.84 Å². The van der Waals surface area contributed by atoms with Gasteiger partial charge in [0.05, 0.1) is 18.6 Å². The summed E-state index contributed by atoms with van der Waals surface area (Å²) in [5.41, 5.74) is 0. The average molecular weight is 397 g/mol. The minimum atomic E-state index is -0.197. The second-order valence-corrected chi connectivity index (χ2v) is 8.59. The molecule has 164 valence electrons. The van der Waals surface area contributed by atoms with Gasteiger partial charge in [-0.1, -0.05) is 52.4 Å². The zero-order valence-electron chi connectivity index (χ0n) is 18.6. The van der Waals surface area contributed by atoms with E-state index >= 15 is 0 Å². The Morgan fingerprint density at radius 1 is 1.04 bits per heavy atom. The summed E-state index contributed by atoms with van der Waals surface area (Å²) in [7, 11) is 0. The van der Waals surface area contributed by atoms with Crippen molar-refractivity contribution in [3.05, 3.63) is 0 Å². The van der Waals surface area contributed by atoms with Gasteiger partial charge >= 0.3 is 5.97 Å². The lowest BCUT2D eigenvalue weighted by molar-refractivity contribution is -0.148. The van der Waals surface area contributed by atoms with Crippen molar-refractivity contribution in [2.24, 2.45) is 17.8 Å². The highest BCUT2D eigenvalue weighted by atomic mass is 16.5. The van der Waals surface area contributed by atoms with Crippen LogP contribution >= 0.6 is 0 Å². The van der Waals surface area contributed by atoms with Gasteiger partial charge in [0, 0.05) is 12.3 Å². The summed E-state index contributed by atoms with van der Waals surface area (Å²) in [6.45, 7) is 6.53. The molecule has 0 aromatic rings. The van der Waals surface area contributed by atoms with Crippen LogP contribution in [-0.2, 0) is 14.3 Å². The predicted molar refractivity (Wildman–Crippen MR) is 114 cm³/mol. The fraction of sp³-hybridized carbons (Fsp3) is 0.917. The molecule has 0 spiro atoms. The van der Waals surface area contributed by atoms with Crippen molar-refractivity contribution in [2.45, 2.75) is 117 Å². The molecule has 1 saturated carbocycles. The Bertz CT molecular complexity index is 434. The van der Waals surface area contributed by atoms with Gasteiger partial charge in [-0.15, -0.1) is 0 Å². The van der Waals surface area contributed by atoms with Gasteiger partial charge in [-0.25, -0.2) is 0 Å². The lowest BCUT2D eigenvalue weighted by Crippen LogP contribution is -2.18. The highest BCUT2D eigenvalue weighted by molar-refractivity contribution is 5.83. The molecule has 0 heterocycles. The molecule has 0 aliphatic heterocycles. The molecule has 0 amide bonds. The first kappa shape index (κ1) is 25.1. The van der Waals surface area contributed by atoms with Gasteiger partial charge in [-0.3, -0.25) is 9.59 Å². The summed E-state index contributed by atoms with van der Waals surface area (Å²) in [6, 6.07) is 0. The average Bonchev–Trinajstić information content (AvgIpc) is 3.03. The molecule has 0 aromatic heterocycles. The molecule has 0 aromatic carbocycles. The van der Waals surface area contributed by atoms with E-state index in [9.17, 15) is 14.7 Å². The molecule has 1 aliphatic rings. The number of esters is 1. The summed E-state index contributed by atoms with van der Waals surface area (Å²) < 4.78 is 5.13. The van der Waals surface area contributed by atoms with Crippen molar-refractivity contribution >= 4 is 11.8 Å². The molecule has 1 fully saturated rings. The van der Waals surface area contributed by atoms with E-state index in [2.05, 4.69) is 6.92 Å². The van der Waals surface area contributed by atoms with Crippen molar-refractivity contribution in [3.63, 3.8) is 0 Å². The van der Waals surface area contributed by atoms with E-state index in [1.54, 1.807) is 0 Å². The molecule has 0 saturated heterocycles. The van der Waals surface area contributed by atoms with E-state index in [0.717, 1.165) is 77.0 Å². The number of carbonyl (C=O) groups is 2. The van der Waals surface area contributed by atoms with Crippen molar-refractivity contribution in [2.75, 3.05) is 6.61 Å². The van der Waals surface area contributed by atoms with Crippen LogP contribution in [0.25, 0.3) is 0 Å². The van der Waals surface area contributed by atoms with E-state index in [0.29, 0.717) is 18.3 Å². The maximum Gasteiger partial charge on any atom is 0.308 e. The number of ether oxygens (including phenoxy) is 1. The minimum Gasteiger partial charge on any atom is -0.466 e. The second kappa shape index (κ2) is 15.0. The lowest BCUT2D eigenvalue weighted by atomic mass is 9.85. The van der Waals surface area contributed by atoms with Crippen LogP contribution < -0.4 is 0 Å². The van der Waals surface area contributed by atoms with Crippen LogP contribution in [0.4, 0.5) is 0 Å². The van der Waals surface area contributed by atoms with Crippen LogP contribution in [0.5, 0.6) is 0 Å². The third kappa shape index (κ3) is 9.54. The summed E-state index contributed by atoms with van der Waals surface area (Å²) in [5.74, 6) is 1.07. The third-order valence-electron chi connectivity index (χ3n) is 6.44. The number of hydrogen-bond acceptors (Lipinski definition) is 4. The van der Waals surface area contributed by atoms with Crippen LogP contribution in [0, 0.1) is 17.8 Å². The Morgan fingerprint density at radius 3 is 2.46 bits per heavy atom. The number of aliphatic hydroxyl groups is 1. The molecule has 4 nitrogen and oxygen atoms in total. The molecule has 28 heavy (non-hydrogen) atoms. The number of aliphatic hydroxyl groups excluding tert-OH is 1. The quantitative estimate of drug-likeness (QED) is 0.263. The Hall–Kier alpha value is -0.900. The van der Waals surface area contributed by atoms with E-state index in [-0.39, 0.29) is 23.9 Å². The molecule has 0 radical (unpaired) electrons. The first-order chi connectivity index (χ1) is 13.5. The highest BCUT2D eigenvalue weighted by Crippen LogP contribution is 2.36. The van der Waals surface area contributed by atoms with Crippen LogP contribution in [0.15, 0.2) is 0 Å². The van der Waals surface area contributed by atoms with Crippen molar-refractivity contribution in [1.82, 2.24) is 0 Å². The maximum atomic E-state index is 12.3. The van der Waals surface area contributed by atoms with Crippen LogP contribution in [0.2, 0.25) is 0 Å². The molecule has 4 heteroatoms. The number of unbranched alkanes of at least 4 members (excludes halogenated alkanes) is 4. The number of hydrogen-bond donors (Lipinski definition) is 1. The predicted octanol–water partition coefficient (Wildman–Crippen LogP) is 5.84. The first-order valence-corrected chi connectivity index (χ1v) is 11.9. The Labute approximate surface area is 172 Å². The number of carbonyl (C=O) groups excluding carboxylic acids is 2. The van der Waals surface area contributed by atoms with E-state index in [1.165, 1.54) is 12.8 Å². The number of rotatable bonds is 16. The minimum absolute atomic E-state index is 0.0232. The summed E-state index contributed by atoms with van der Waals surface area (Å²) in [5, 5.41) is 10.2. The Kier molecular flexibility index (Phi) is 13.5. The zero-order valence-corrected chi connectivity index (χ0v) is 18.6. The third-order valence-corrected chi connectivity index (χ3v) is 6.44. The highest BCUT2D eigenvalue weighted by Gasteiger charge is 2.33. The van der Waals surface area contributed by atoms with Crippen LogP contribution in [-0.4, -0.2) is 29.6 Å². The van der Waals surface area contributed by atoms with Gasteiger partial charge in [0.15, 0.2) is 0 Å². The van der Waals surface area contributed by atoms with Gasteiger partial charge in [0.1, 0.15) is 5.78 Å². The van der Waals surface area contributed by atoms with Gasteiger partial charge in [-0.05, 0) is 57.8 Å². The van der Waals surface area contributed by atoms with Crippen molar-refractivity contribution < 1.29 is 19.4 Å². The van der Waals surface area contributed by atoms with E-state index < -0.39 is 0 Å². The molecule has 1 rings (SSSR count). The topological polar surface area (TPSA) is 63.6 Å². The summed E-state index contributed by atoms with van der Waals surface area (Å²) >= 11 is 0. The SMILES string of the molecule is CCCCCC(O)CC[C@H]1CCC(=O)[C@@H]1CCCCCC(CC)C(=O)OCC. The molecule has 4 atom stereocenters. The summed E-state index contributed by atoms with van der Waals surface area (Å²) in [6.07, 6.45) is 13.6. The van der Waals surface area contributed by atoms with Crippen molar-refractivity contribution in [3.8, 4) is 0 Å². The largest absolute Gasteiger partial charge is 0.466 e. The van der Waals surface area contributed by atoms with Gasteiger partial charge in [0.2, 0.25) is 0 Å². The maximum absolute atomic E-state index is 12.3. The van der Waals surface area contributed by atoms with Gasteiger partial charge in [0.25, 0.3) is 0 Å². The fourth-order valence-corrected chi connectivity index (χ4v) is 4.58. The van der Waals surface area contributed by atoms with Crippen molar-refractivity contribution in [1.29, 1.82) is 0 Å². The van der Waals surface area contributed by atoms with E-state index in [4.69, 9.17) is 4.74 Å². The Balaban J connectivity index is 2.25. The van der Waals surface area contributed by atoms with Gasteiger partial charge in [-0.2, -0.15) is 0 Å².